The van der Waals surface area contributed by atoms with Gasteiger partial charge in [0.1, 0.15) is 11.5 Å². The molecule has 0 atom stereocenters. The van der Waals surface area contributed by atoms with Crippen LogP contribution in [0.5, 0.6) is 11.5 Å². The van der Waals surface area contributed by atoms with Crippen LogP contribution in [0.2, 0.25) is 0 Å². The lowest BCUT2D eigenvalue weighted by atomic mass is 10.1. The van der Waals surface area contributed by atoms with E-state index in [4.69, 9.17) is 4.74 Å². The molecule has 0 aliphatic rings. The molecule has 0 saturated carbocycles. The maximum atomic E-state index is 12.2. The SMILES string of the molecule is COc1ccc(CN(C)C(=O)CCc2ccc(OC(F)F)cc2)cc1. The Kier molecular flexibility index (Phi) is 6.74. The summed E-state index contributed by atoms with van der Waals surface area (Å²) in [7, 11) is 3.36. The molecule has 0 aromatic heterocycles. The zero-order valence-corrected chi connectivity index (χ0v) is 14.2. The quantitative estimate of drug-likeness (QED) is 0.726. The summed E-state index contributed by atoms with van der Waals surface area (Å²) in [4.78, 5) is 13.9. The number of alkyl halides is 2. The molecule has 134 valence electrons. The van der Waals surface area contributed by atoms with Gasteiger partial charge in [-0.3, -0.25) is 4.79 Å². The van der Waals surface area contributed by atoms with Crippen molar-refractivity contribution in [2.24, 2.45) is 0 Å². The fraction of sp³-hybridized carbons (Fsp3) is 0.316. The van der Waals surface area contributed by atoms with Gasteiger partial charge in [0.05, 0.1) is 7.11 Å². The molecule has 4 nitrogen and oxygen atoms in total. The number of hydrogen-bond donors (Lipinski definition) is 0. The van der Waals surface area contributed by atoms with Crippen molar-refractivity contribution in [2.45, 2.75) is 26.0 Å². The monoisotopic (exact) mass is 349 g/mol. The van der Waals surface area contributed by atoms with Crippen LogP contribution in [-0.4, -0.2) is 31.6 Å². The van der Waals surface area contributed by atoms with Crippen molar-refractivity contribution in [3.63, 3.8) is 0 Å². The summed E-state index contributed by atoms with van der Waals surface area (Å²) < 4.78 is 33.6. The van der Waals surface area contributed by atoms with Crippen LogP contribution in [0.15, 0.2) is 48.5 Å². The smallest absolute Gasteiger partial charge is 0.387 e. The fourth-order valence-corrected chi connectivity index (χ4v) is 2.37. The molecule has 2 aromatic rings. The number of ether oxygens (including phenoxy) is 2. The molecule has 2 aromatic carbocycles. The van der Waals surface area contributed by atoms with Crippen molar-refractivity contribution < 1.29 is 23.0 Å². The van der Waals surface area contributed by atoms with E-state index in [1.165, 1.54) is 12.1 Å². The minimum absolute atomic E-state index is 0.0173. The molecule has 0 aliphatic heterocycles. The van der Waals surface area contributed by atoms with Gasteiger partial charge in [-0.2, -0.15) is 8.78 Å². The Morgan fingerprint density at radius 1 is 1.00 bits per heavy atom. The highest BCUT2D eigenvalue weighted by Crippen LogP contribution is 2.17. The van der Waals surface area contributed by atoms with E-state index in [9.17, 15) is 13.6 Å². The van der Waals surface area contributed by atoms with Gasteiger partial charge in [0.2, 0.25) is 5.91 Å². The summed E-state index contributed by atoms with van der Waals surface area (Å²) in [6.45, 7) is -2.32. The van der Waals surface area contributed by atoms with E-state index in [1.54, 1.807) is 31.2 Å². The average Bonchev–Trinajstić information content (AvgIpc) is 2.61. The fourth-order valence-electron chi connectivity index (χ4n) is 2.37. The van der Waals surface area contributed by atoms with Crippen molar-refractivity contribution in [1.82, 2.24) is 4.90 Å². The standard InChI is InChI=1S/C19H21F2NO3/c1-22(13-15-5-8-16(24-2)9-6-15)18(23)12-7-14-3-10-17(11-4-14)25-19(20)21/h3-6,8-11,19H,7,12-13H2,1-2H3. The van der Waals surface area contributed by atoms with E-state index >= 15 is 0 Å². The van der Waals surface area contributed by atoms with Gasteiger partial charge in [-0.1, -0.05) is 24.3 Å². The zero-order chi connectivity index (χ0) is 18.2. The highest BCUT2D eigenvalue weighted by molar-refractivity contribution is 5.76. The van der Waals surface area contributed by atoms with E-state index in [2.05, 4.69) is 4.74 Å². The van der Waals surface area contributed by atoms with Gasteiger partial charge < -0.3 is 14.4 Å². The molecule has 0 radical (unpaired) electrons. The Balaban J connectivity index is 1.82. The second-order valence-corrected chi connectivity index (χ2v) is 5.62. The predicted octanol–water partition coefficient (Wildman–Crippen LogP) is 3.89. The van der Waals surface area contributed by atoms with E-state index in [1.807, 2.05) is 24.3 Å². The molecule has 0 N–H and O–H groups in total. The molecule has 0 heterocycles. The molecule has 0 fully saturated rings. The molecule has 1 amide bonds. The lowest BCUT2D eigenvalue weighted by Gasteiger charge is -2.17. The average molecular weight is 349 g/mol. The Hall–Kier alpha value is -2.63. The number of rotatable bonds is 8. The third kappa shape index (κ3) is 6.06. The van der Waals surface area contributed by atoms with Crippen molar-refractivity contribution in [1.29, 1.82) is 0 Å². The maximum Gasteiger partial charge on any atom is 0.387 e. The van der Waals surface area contributed by atoms with Gasteiger partial charge in [0.15, 0.2) is 0 Å². The second-order valence-electron chi connectivity index (χ2n) is 5.62. The number of methoxy groups -OCH3 is 1. The topological polar surface area (TPSA) is 38.8 Å². The van der Waals surface area contributed by atoms with Crippen LogP contribution in [0.3, 0.4) is 0 Å². The van der Waals surface area contributed by atoms with Gasteiger partial charge in [-0.25, -0.2) is 0 Å². The Morgan fingerprint density at radius 3 is 2.12 bits per heavy atom. The summed E-state index contributed by atoms with van der Waals surface area (Å²) in [6, 6.07) is 13.9. The lowest BCUT2D eigenvalue weighted by Crippen LogP contribution is -2.26. The number of amides is 1. The van der Waals surface area contributed by atoms with E-state index < -0.39 is 6.61 Å². The van der Waals surface area contributed by atoms with E-state index in [-0.39, 0.29) is 11.7 Å². The number of carbonyl (C=O) groups excluding carboxylic acids is 1. The first-order valence-corrected chi connectivity index (χ1v) is 7.88. The van der Waals surface area contributed by atoms with Crippen LogP contribution in [-0.2, 0) is 17.8 Å². The van der Waals surface area contributed by atoms with Crippen molar-refractivity contribution in [3.8, 4) is 11.5 Å². The van der Waals surface area contributed by atoms with E-state index in [0.29, 0.717) is 19.4 Å². The third-order valence-electron chi connectivity index (χ3n) is 3.78. The number of halogens is 2. The summed E-state index contributed by atoms with van der Waals surface area (Å²) >= 11 is 0. The summed E-state index contributed by atoms with van der Waals surface area (Å²) in [5.74, 6) is 0.905. The van der Waals surface area contributed by atoms with Crippen LogP contribution in [0.25, 0.3) is 0 Å². The first-order valence-electron chi connectivity index (χ1n) is 7.88. The molecular formula is C19H21F2NO3. The Labute approximate surface area is 146 Å². The number of carbonyl (C=O) groups is 1. The highest BCUT2D eigenvalue weighted by atomic mass is 19.3. The molecule has 0 saturated heterocycles. The summed E-state index contributed by atoms with van der Waals surface area (Å²) in [6.07, 6.45) is 0.891. The predicted molar refractivity (Wildman–Crippen MR) is 90.9 cm³/mol. The molecule has 2 rings (SSSR count). The molecule has 25 heavy (non-hydrogen) atoms. The van der Waals surface area contributed by atoms with Gasteiger partial charge in [0, 0.05) is 20.0 Å². The normalized spacial score (nSPS) is 10.6. The molecule has 0 unspecified atom stereocenters. The maximum absolute atomic E-state index is 12.2. The van der Waals surface area contributed by atoms with Crippen LogP contribution in [0.1, 0.15) is 17.5 Å². The first-order chi connectivity index (χ1) is 12.0. The minimum Gasteiger partial charge on any atom is -0.497 e. The highest BCUT2D eigenvalue weighted by Gasteiger charge is 2.10. The largest absolute Gasteiger partial charge is 0.497 e. The van der Waals surface area contributed by atoms with Gasteiger partial charge in [-0.15, -0.1) is 0 Å². The first kappa shape index (κ1) is 18.7. The van der Waals surface area contributed by atoms with Gasteiger partial charge in [0.25, 0.3) is 0 Å². The van der Waals surface area contributed by atoms with Crippen molar-refractivity contribution in [2.75, 3.05) is 14.2 Å². The van der Waals surface area contributed by atoms with E-state index in [0.717, 1.165) is 16.9 Å². The van der Waals surface area contributed by atoms with Crippen LogP contribution < -0.4 is 9.47 Å². The molecule has 0 aliphatic carbocycles. The van der Waals surface area contributed by atoms with Gasteiger partial charge in [-0.05, 0) is 41.8 Å². The lowest BCUT2D eigenvalue weighted by molar-refractivity contribution is -0.130. The number of nitrogens with zero attached hydrogens (tertiary/aromatic N) is 1. The summed E-state index contributed by atoms with van der Waals surface area (Å²) in [5, 5.41) is 0. The number of aryl methyl sites for hydroxylation is 1. The van der Waals surface area contributed by atoms with Crippen molar-refractivity contribution in [3.05, 3.63) is 59.7 Å². The third-order valence-corrected chi connectivity index (χ3v) is 3.78. The molecule has 0 bridgehead atoms. The zero-order valence-electron chi connectivity index (χ0n) is 14.2. The number of benzene rings is 2. The summed E-state index contributed by atoms with van der Waals surface area (Å²) in [5.41, 5.74) is 1.91. The molecule has 6 heteroatoms. The minimum atomic E-state index is -2.83. The van der Waals surface area contributed by atoms with Crippen molar-refractivity contribution >= 4 is 5.91 Å². The Bertz CT molecular complexity index is 672. The second kappa shape index (κ2) is 9.01. The number of hydrogen-bond acceptors (Lipinski definition) is 3. The van der Waals surface area contributed by atoms with Crippen LogP contribution >= 0.6 is 0 Å². The van der Waals surface area contributed by atoms with Crippen LogP contribution in [0.4, 0.5) is 8.78 Å². The van der Waals surface area contributed by atoms with Gasteiger partial charge >= 0.3 is 6.61 Å². The molecular weight excluding hydrogens is 328 g/mol. The Morgan fingerprint density at radius 2 is 1.56 bits per heavy atom. The molecule has 0 spiro atoms. The van der Waals surface area contributed by atoms with Crippen LogP contribution in [0, 0.1) is 0 Å².